The molecule has 0 amide bonds. The quantitative estimate of drug-likeness (QED) is 0.611. The van der Waals surface area contributed by atoms with E-state index in [-0.39, 0.29) is 5.16 Å². The highest BCUT2D eigenvalue weighted by atomic mass is 32.2. The fraction of sp³-hybridized carbons (Fsp3) is 0.636. The molecular weight excluding hydrogens is 249 g/mol. The Morgan fingerprint density at radius 2 is 1.94 bits per heavy atom. The van der Waals surface area contributed by atoms with Gasteiger partial charge in [-0.3, -0.25) is 0 Å². The lowest BCUT2D eigenvalue weighted by atomic mass is 10.1. The van der Waals surface area contributed by atoms with Gasteiger partial charge in [0.15, 0.2) is 5.16 Å². The second kappa shape index (κ2) is 5.71. The van der Waals surface area contributed by atoms with Crippen molar-refractivity contribution < 1.29 is 13.2 Å². The van der Waals surface area contributed by atoms with E-state index in [1.807, 2.05) is 13.8 Å². The standard InChI is InChI=1S/C11H15F3N2S/c1-7(2)4-5-8-6-9(11(12,13)14)16-10(15-8)17-3/h6-7H,4-5H2,1-3H3. The molecule has 0 aliphatic carbocycles. The summed E-state index contributed by atoms with van der Waals surface area (Å²) in [5.41, 5.74) is -0.388. The minimum Gasteiger partial charge on any atom is -0.228 e. The molecule has 0 spiro atoms. The Bertz CT molecular complexity index is 377. The molecule has 0 aromatic carbocycles. The Morgan fingerprint density at radius 3 is 2.41 bits per heavy atom. The van der Waals surface area contributed by atoms with Crippen LogP contribution in [0.3, 0.4) is 0 Å². The molecule has 17 heavy (non-hydrogen) atoms. The summed E-state index contributed by atoms with van der Waals surface area (Å²) in [6.07, 6.45) is -1.36. The average Bonchev–Trinajstić information content (AvgIpc) is 2.24. The van der Waals surface area contributed by atoms with Gasteiger partial charge in [-0.15, -0.1) is 0 Å². The molecule has 6 heteroatoms. The fourth-order valence-corrected chi connectivity index (χ4v) is 1.67. The van der Waals surface area contributed by atoms with Crippen LogP contribution in [0, 0.1) is 5.92 Å². The van der Waals surface area contributed by atoms with Crippen molar-refractivity contribution in [3.63, 3.8) is 0 Å². The fourth-order valence-electron chi connectivity index (χ4n) is 1.27. The Labute approximate surface area is 103 Å². The minimum absolute atomic E-state index is 0.179. The summed E-state index contributed by atoms with van der Waals surface area (Å²) in [5.74, 6) is 0.442. The van der Waals surface area contributed by atoms with Gasteiger partial charge in [0.1, 0.15) is 5.69 Å². The van der Waals surface area contributed by atoms with Crippen LogP contribution in [0.1, 0.15) is 31.7 Å². The molecule has 0 N–H and O–H groups in total. The van der Waals surface area contributed by atoms with E-state index in [4.69, 9.17) is 0 Å². The van der Waals surface area contributed by atoms with Crippen molar-refractivity contribution in [2.24, 2.45) is 5.92 Å². The summed E-state index contributed by atoms with van der Waals surface area (Å²) < 4.78 is 37.8. The molecule has 0 unspecified atom stereocenters. The van der Waals surface area contributed by atoms with E-state index in [2.05, 4.69) is 9.97 Å². The first kappa shape index (κ1) is 14.3. The maximum atomic E-state index is 12.6. The second-order valence-electron chi connectivity index (χ2n) is 4.16. The SMILES string of the molecule is CSc1nc(CCC(C)C)cc(C(F)(F)F)n1. The van der Waals surface area contributed by atoms with Gasteiger partial charge in [-0.2, -0.15) is 13.2 Å². The van der Waals surface area contributed by atoms with Crippen molar-refractivity contribution in [1.29, 1.82) is 0 Å². The second-order valence-corrected chi connectivity index (χ2v) is 4.93. The molecule has 1 rings (SSSR count). The largest absolute Gasteiger partial charge is 0.433 e. The summed E-state index contributed by atoms with van der Waals surface area (Å²) in [6.45, 7) is 4.06. The zero-order valence-corrected chi connectivity index (χ0v) is 10.8. The lowest BCUT2D eigenvalue weighted by Gasteiger charge is -2.10. The lowest BCUT2D eigenvalue weighted by molar-refractivity contribution is -0.141. The number of hydrogen-bond donors (Lipinski definition) is 0. The molecule has 96 valence electrons. The van der Waals surface area contributed by atoms with Crippen molar-refractivity contribution in [3.05, 3.63) is 17.5 Å². The zero-order chi connectivity index (χ0) is 13.1. The number of alkyl halides is 3. The van der Waals surface area contributed by atoms with Gasteiger partial charge < -0.3 is 0 Å². The molecule has 1 aromatic rings. The number of thioether (sulfide) groups is 1. The third kappa shape index (κ3) is 4.53. The Hall–Kier alpha value is -0.780. The first-order chi connectivity index (χ1) is 7.82. The Kier molecular flexibility index (Phi) is 4.80. The van der Waals surface area contributed by atoms with Crippen molar-refractivity contribution in [2.75, 3.05) is 6.26 Å². The van der Waals surface area contributed by atoms with Gasteiger partial charge in [0.05, 0.1) is 0 Å². The molecule has 1 aromatic heterocycles. The maximum Gasteiger partial charge on any atom is 0.433 e. The van der Waals surface area contributed by atoms with E-state index in [1.165, 1.54) is 0 Å². The van der Waals surface area contributed by atoms with Gasteiger partial charge in [-0.25, -0.2) is 9.97 Å². The van der Waals surface area contributed by atoms with Crippen LogP contribution in [0.5, 0.6) is 0 Å². The number of hydrogen-bond acceptors (Lipinski definition) is 3. The van der Waals surface area contributed by atoms with E-state index >= 15 is 0 Å². The zero-order valence-electron chi connectivity index (χ0n) is 10.0. The molecule has 0 aliphatic heterocycles. The summed E-state index contributed by atoms with van der Waals surface area (Å²) in [6, 6.07) is 1.04. The Balaban J connectivity index is 2.97. The molecule has 0 atom stereocenters. The Morgan fingerprint density at radius 1 is 1.29 bits per heavy atom. The van der Waals surface area contributed by atoms with Crippen molar-refractivity contribution >= 4 is 11.8 Å². The van der Waals surface area contributed by atoms with Gasteiger partial charge in [-0.1, -0.05) is 25.6 Å². The summed E-state index contributed by atoms with van der Waals surface area (Å²) in [5, 5.41) is 0.179. The molecular formula is C11H15F3N2S. The van der Waals surface area contributed by atoms with Gasteiger partial charge in [0.2, 0.25) is 0 Å². The molecule has 0 saturated carbocycles. The molecule has 0 fully saturated rings. The van der Waals surface area contributed by atoms with Crippen LogP contribution in [0.15, 0.2) is 11.2 Å². The normalized spacial score (nSPS) is 12.2. The highest BCUT2D eigenvalue weighted by molar-refractivity contribution is 7.98. The number of aryl methyl sites for hydroxylation is 1. The number of nitrogens with zero attached hydrogens (tertiary/aromatic N) is 2. The summed E-state index contributed by atoms with van der Waals surface area (Å²) >= 11 is 1.13. The predicted octanol–water partition coefficient (Wildman–Crippen LogP) is 3.81. The van der Waals surface area contributed by atoms with Gasteiger partial charge in [0.25, 0.3) is 0 Å². The molecule has 1 heterocycles. The van der Waals surface area contributed by atoms with Gasteiger partial charge in [0, 0.05) is 5.69 Å². The highest BCUT2D eigenvalue weighted by Crippen LogP contribution is 2.29. The third-order valence-electron chi connectivity index (χ3n) is 2.21. The van der Waals surface area contributed by atoms with E-state index in [1.54, 1.807) is 6.26 Å². The molecule has 0 radical (unpaired) electrons. The monoisotopic (exact) mass is 264 g/mol. The first-order valence-corrected chi connectivity index (χ1v) is 6.54. The lowest BCUT2D eigenvalue weighted by Crippen LogP contribution is -2.11. The predicted molar refractivity (Wildman–Crippen MR) is 62.0 cm³/mol. The average molecular weight is 264 g/mol. The maximum absolute atomic E-state index is 12.6. The third-order valence-corrected chi connectivity index (χ3v) is 2.76. The van der Waals surface area contributed by atoms with Crippen LogP contribution in [0.25, 0.3) is 0 Å². The molecule has 2 nitrogen and oxygen atoms in total. The number of rotatable bonds is 4. The molecule has 0 aliphatic rings. The van der Waals surface area contributed by atoms with Crippen molar-refractivity contribution in [1.82, 2.24) is 9.97 Å². The first-order valence-electron chi connectivity index (χ1n) is 5.32. The topological polar surface area (TPSA) is 25.8 Å². The van der Waals surface area contributed by atoms with Crippen LogP contribution in [0.2, 0.25) is 0 Å². The minimum atomic E-state index is -4.40. The van der Waals surface area contributed by atoms with Crippen LogP contribution < -0.4 is 0 Å². The van der Waals surface area contributed by atoms with Crippen LogP contribution in [0.4, 0.5) is 13.2 Å². The highest BCUT2D eigenvalue weighted by Gasteiger charge is 2.33. The number of halogens is 3. The van der Waals surface area contributed by atoms with Crippen LogP contribution >= 0.6 is 11.8 Å². The smallest absolute Gasteiger partial charge is 0.228 e. The van der Waals surface area contributed by atoms with Crippen LogP contribution in [-0.2, 0) is 12.6 Å². The van der Waals surface area contributed by atoms with E-state index in [0.717, 1.165) is 24.2 Å². The summed E-state index contributed by atoms with van der Waals surface area (Å²) in [7, 11) is 0. The summed E-state index contributed by atoms with van der Waals surface area (Å²) in [4.78, 5) is 7.57. The molecule has 0 bridgehead atoms. The number of aromatic nitrogens is 2. The van der Waals surface area contributed by atoms with Crippen molar-refractivity contribution in [2.45, 2.75) is 38.0 Å². The van der Waals surface area contributed by atoms with E-state index < -0.39 is 11.9 Å². The van der Waals surface area contributed by atoms with E-state index in [9.17, 15) is 13.2 Å². The van der Waals surface area contributed by atoms with Crippen molar-refractivity contribution in [3.8, 4) is 0 Å². The van der Waals surface area contributed by atoms with Gasteiger partial charge in [-0.05, 0) is 31.1 Å². The van der Waals surface area contributed by atoms with Gasteiger partial charge >= 0.3 is 6.18 Å². The van der Waals surface area contributed by atoms with E-state index in [0.29, 0.717) is 18.0 Å². The van der Waals surface area contributed by atoms with Crippen LogP contribution in [-0.4, -0.2) is 16.2 Å². The molecule has 0 saturated heterocycles.